The Morgan fingerprint density at radius 1 is 0.970 bits per heavy atom. The van der Waals surface area contributed by atoms with Crippen LogP contribution in [0, 0.1) is 0 Å². The fourth-order valence-corrected chi connectivity index (χ4v) is 4.83. The van der Waals surface area contributed by atoms with Crippen LogP contribution in [0.15, 0.2) is 84.1 Å². The maximum Gasteiger partial charge on any atom is 0.191 e. The molecule has 0 amide bonds. The van der Waals surface area contributed by atoms with Crippen molar-refractivity contribution in [3.05, 3.63) is 84.7 Å². The Hall–Kier alpha value is -3.71. The van der Waals surface area contributed by atoms with E-state index in [1.54, 1.807) is 0 Å². The second kappa shape index (κ2) is 9.03. The number of benzene rings is 2. The summed E-state index contributed by atoms with van der Waals surface area (Å²) in [5.74, 6) is 1.16. The molecule has 3 heterocycles. The minimum Gasteiger partial charge on any atom is -0.348 e. The average Bonchev–Trinajstić information content (AvgIpc) is 3.48. The van der Waals surface area contributed by atoms with Gasteiger partial charge in [-0.3, -0.25) is 4.79 Å². The Bertz CT molecular complexity index is 1440. The Morgan fingerprint density at radius 2 is 1.76 bits per heavy atom. The van der Waals surface area contributed by atoms with Crippen molar-refractivity contribution in [3.63, 3.8) is 0 Å². The Balaban J connectivity index is 1.54. The number of hydrogen-bond donors (Lipinski definition) is 0. The molecular formula is C26H23N5OS. The largest absolute Gasteiger partial charge is 0.348 e. The van der Waals surface area contributed by atoms with E-state index in [0.717, 1.165) is 38.7 Å². The summed E-state index contributed by atoms with van der Waals surface area (Å²) < 4.78 is 3.91. The van der Waals surface area contributed by atoms with Crippen molar-refractivity contribution >= 4 is 28.4 Å². The van der Waals surface area contributed by atoms with E-state index < -0.39 is 0 Å². The lowest BCUT2D eigenvalue weighted by Crippen LogP contribution is -2.09. The van der Waals surface area contributed by atoms with E-state index in [2.05, 4.69) is 46.0 Å². The third kappa shape index (κ3) is 4.07. The number of thioether (sulfide) groups is 1. The third-order valence-electron chi connectivity index (χ3n) is 5.62. The minimum absolute atomic E-state index is 0.0698. The number of carbonyl (C=O) groups excluding carboxylic acids is 1. The van der Waals surface area contributed by atoms with Gasteiger partial charge in [-0.25, -0.2) is 4.98 Å². The van der Waals surface area contributed by atoms with Gasteiger partial charge in [0.05, 0.1) is 22.7 Å². The SMILES string of the molecule is CCn1c(SCC(=O)c2cccn2C)nnc1-c1cc(-c2ccccc2)nc2ccccc12. The molecule has 33 heavy (non-hydrogen) atoms. The van der Waals surface area contributed by atoms with Crippen LogP contribution >= 0.6 is 11.8 Å². The molecule has 0 aliphatic heterocycles. The summed E-state index contributed by atoms with van der Waals surface area (Å²) in [4.78, 5) is 17.5. The normalized spacial score (nSPS) is 11.2. The van der Waals surface area contributed by atoms with E-state index in [4.69, 9.17) is 4.98 Å². The molecule has 5 aromatic rings. The van der Waals surface area contributed by atoms with Gasteiger partial charge in [-0.1, -0.05) is 60.3 Å². The van der Waals surface area contributed by atoms with Crippen LogP contribution in [0.2, 0.25) is 0 Å². The smallest absolute Gasteiger partial charge is 0.191 e. The molecular weight excluding hydrogens is 430 g/mol. The van der Waals surface area contributed by atoms with E-state index in [1.807, 2.05) is 66.3 Å². The van der Waals surface area contributed by atoms with Crippen molar-refractivity contribution in [1.29, 1.82) is 0 Å². The minimum atomic E-state index is 0.0698. The molecule has 0 spiro atoms. The van der Waals surface area contributed by atoms with Crippen LogP contribution in [-0.2, 0) is 13.6 Å². The van der Waals surface area contributed by atoms with Crippen LogP contribution in [0.4, 0.5) is 0 Å². The maximum absolute atomic E-state index is 12.6. The summed E-state index contributed by atoms with van der Waals surface area (Å²) in [6, 6.07) is 24.0. The lowest BCUT2D eigenvalue weighted by atomic mass is 10.0. The number of rotatable bonds is 7. The number of nitrogens with zero attached hydrogens (tertiary/aromatic N) is 5. The molecule has 0 saturated carbocycles. The molecule has 0 atom stereocenters. The molecule has 0 bridgehead atoms. The second-order valence-electron chi connectivity index (χ2n) is 7.70. The van der Waals surface area contributed by atoms with E-state index in [9.17, 15) is 4.79 Å². The number of aryl methyl sites for hydroxylation is 1. The van der Waals surface area contributed by atoms with Gasteiger partial charge >= 0.3 is 0 Å². The average molecular weight is 454 g/mol. The summed E-state index contributed by atoms with van der Waals surface area (Å²) in [5, 5.41) is 10.8. The summed E-state index contributed by atoms with van der Waals surface area (Å²) in [5.41, 5.74) is 4.53. The fourth-order valence-electron chi connectivity index (χ4n) is 3.95. The van der Waals surface area contributed by atoms with E-state index in [0.29, 0.717) is 18.0 Å². The van der Waals surface area contributed by atoms with Crippen LogP contribution in [0.3, 0.4) is 0 Å². The van der Waals surface area contributed by atoms with Gasteiger partial charge in [0.1, 0.15) is 0 Å². The van der Waals surface area contributed by atoms with Gasteiger partial charge < -0.3 is 9.13 Å². The highest BCUT2D eigenvalue weighted by molar-refractivity contribution is 7.99. The van der Waals surface area contributed by atoms with Gasteiger partial charge in [0, 0.05) is 36.3 Å². The molecule has 0 saturated heterocycles. The number of aromatic nitrogens is 5. The first-order chi connectivity index (χ1) is 16.2. The van der Waals surface area contributed by atoms with Crippen molar-refractivity contribution in [1.82, 2.24) is 24.3 Å². The molecule has 2 aromatic carbocycles. The summed E-state index contributed by atoms with van der Waals surface area (Å²) in [6.45, 7) is 2.76. The first-order valence-corrected chi connectivity index (χ1v) is 11.8. The number of pyridine rings is 1. The molecule has 3 aromatic heterocycles. The predicted octanol–water partition coefficient (Wildman–Crippen LogP) is 5.49. The topological polar surface area (TPSA) is 65.6 Å². The first kappa shape index (κ1) is 21.2. The molecule has 0 radical (unpaired) electrons. The summed E-state index contributed by atoms with van der Waals surface area (Å²) >= 11 is 1.42. The fraction of sp³-hybridized carbons (Fsp3) is 0.154. The van der Waals surface area contributed by atoms with E-state index >= 15 is 0 Å². The number of para-hydroxylation sites is 1. The number of fused-ring (bicyclic) bond motifs is 1. The standard InChI is InChI=1S/C26H23N5OS/c1-3-31-25(28-29-26(31)33-17-24(32)23-14-9-15-30(23)2)20-16-22(18-10-5-4-6-11-18)27-21-13-8-7-12-19(20)21/h4-16H,3,17H2,1-2H3. The van der Waals surface area contributed by atoms with Gasteiger partial charge in [0.2, 0.25) is 0 Å². The van der Waals surface area contributed by atoms with Gasteiger partial charge in [0.15, 0.2) is 16.8 Å². The van der Waals surface area contributed by atoms with Crippen LogP contribution < -0.4 is 0 Å². The maximum atomic E-state index is 12.6. The van der Waals surface area contributed by atoms with Crippen LogP contribution in [-0.4, -0.2) is 35.9 Å². The van der Waals surface area contributed by atoms with Crippen LogP contribution in [0.1, 0.15) is 17.4 Å². The van der Waals surface area contributed by atoms with Crippen molar-refractivity contribution in [2.75, 3.05) is 5.75 Å². The number of carbonyl (C=O) groups is 1. The molecule has 7 heteroatoms. The number of ketones is 1. The molecule has 164 valence electrons. The van der Waals surface area contributed by atoms with Crippen LogP contribution in [0.5, 0.6) is 0 Å². The molecule has 0 aliphatic carbocycles. The van der Waals surface area contributed by atoms with Crippen LogP contribution in [0.25, 0.3) is 33.5 Å². The Labute approximate surface area is 196 Å². The molecule has 6 nitrogen and oxygen atoms in total. The lowest BCUT2D eigenvalue weighted by Gasteiger charge is -2.12. The zero-order valence-electron chi connectivity index (χ0n) is 18.5. The van der Waals surface area contributed by atoms with Gasteiger partial charge in [-0.05, 0) is 31.2 Å². The number of hydrogen-bond acceptors (Lipinski definition) is 5. The van der Waals surface area contributed by atoms with Gasteiger partial charge in [0.25, 0.3) is 0 Å². The first-order valence-electron chi connectivity index (χ1n) is 10.8. The molecule has 0 N–H and O–H groups in total. The monoisotopic (exact) mass is 453 g/mol. The Kier molecular flexibility index (Phi) is 5.79. The van der Waals surface area contributed by atoms with Crippen molar-refractivity contribution in [2.45, 2.75) is 18.6 Å². The molecule has 5 rings (SSSR count). The van der Waals surface area contributed by atoms with Gasteiger partial charge in [-0.15, -0.1) is 10.2 Å². The van der Waals surface area contributed by atoms with Gasteiger partial charge in [-0.2, -0.15) is 0 Å². The second-order valence-corrected chi connectivity index (χ2v) is 8.65. The highest BCUT2D eigenvalue weighted by atomic mass is 32.2. The zero-order valence-corrected chi connectivity index (χ0v) is 19.3. The highest BCUT2D eigenvalue weighted by Crippen LogP contribution is 2.33. The van der Waals surface area contributed by atoms with Crippen molar-refractivity contribution in [2.24, 2.45) is 7.05 Å². The Morgan fingerprint density at radius 3 is 2.52 bits per heavy atom. The van der Waals surface area contributed by atoms with Crippen molar-refractivity contribution < 1.29 is 4.79 Å². The lowest BCUT2D eigenvalue weighted by molar-refractivity contribution is 0.101. The molecule has 0 unspecified atom stereocenters. The predicted molar refractivity (Wildman–Crippen MR) is 132 cm³/mol. The summed E-state index contributed by atoms with van der Waals surface area (Å²) in [7, 11) is 1.88. The third-order valence-corrected chi connectivity index (χ3v) is 6.59. The summed E-state index contributed by atoms with van der Waals surface area (Å²) in [6.07, 6.45) is 1.88. The van der Waals surface area contributed by atoms with Crippen molar-refractivity contribution in [3.8, 4) is 22.6 Å². The number of Topliss-reactive ketones (excluding diaryl/α,β-unsaturated/α-hetero) is 1. The highest BCUT2D eigenvalue weighted by Gasteiger charge is 2.19. The van der Waals surface area contributed by atoms with E-state index in [1.165, 1.54) is 11.8 Å². The quantitative estimate of drug-likeness (QED) is 0.241. The van der Waals surface area contributed by atoms with E-state index in [-0.39, 0.29) is 5.78 Å². The molecule has 0 fully saturated rings. The zero-order chi connectivity index (χ0) is 22.8. The molecule has 0 aliphatic rings.